The van der Waals surface area contributed by atoms with Gasteiger partial charge in [0.2, 0.25) is 0 Å². The van der Waals surface area contributed by atoms with Crippen LogP contribution in [0.3, 0.4) is 0 Å². The normalized spacial score (nSPS) is 1.00. The molecule has 0 aliphatic heterocycles. The first kappa shape index (κ1) is 34.1. The molecule has 0 heterocycles. The van der Waals surface area contributed by atoms with Gasteiger partial charge in [-0.25, -0.2) is 0 Å². The Morgan fingerprint density at radius 2 is 1.00 bits per heavy atom. The molecular formula is CH11BCaO2. The maximum absolute atomic E-state index is 2.00. The zero-order chi connectivity index (χ0) is 2.00. The Morgan fingerprint density at radius 1 is 1.00 bits per heavy atom. The van der Waals surface area contributed by atoms with Crippen molar-refractivity contribution in [2.45, 2.75) is 6.82 Å². The standard InChI is InChI=1S/CH5B.Ca.2H2O.2H/c1-2;;;;;/h2H2,1H3;;2*1H2;;. The van der Waals surface area contributed by atoms with Crippen molar-refractivity contribution in [1.29, 1.82) is 0 Å². The molecule has 4 heteroatoms. The summed E-state index contributed by atoms with van der Waals surface area (Å²) in [5, 5.41) is 0. The molecule has 0 aromatic rings. The first-order chi connectivity index (χ1) is 1.00. The number of hydrogen-bond acceptors (Lipinski definition) is 0. The van der Waals surface area contributed by atoms with E-state index in [4.69, 9.17) is 0 Å². The van der Waals surface area contributed by atoms with Crippen LogP contribution in [0.1, 0.15) is 0 Å². The Hall–Kier alpha value is 1.24. The molecule has 0 saturated carbocycles. The van der Waals surface area contributed by atoms with Gasteiger partial charge in [0.1, 0.15) is 0 Å². The van der Waals surface area contributed by atoms with Crippen molar-refractivity contribution < 1.29 is 11.0 Å². The first-order valence-corrected chi connectivity index (χ1v) is 1.00. The van der Waals surface area contributed by atoms with E-state index < -0.39 is 0 Å². The van der Waals surface area contributed by atoms with Crippen LogP contribution in [0.5, 0.6) is 0 Å². The second-order valence-corrected chi connectivity index (χ2v) is 0. The van der Waals surface area contributed by atoms with E-state index in [0.717, 1.165) is 0 Å². The van der Waals surface area contributed by atoms with Crippen LogP contribution in [-0.4, -0.2) is 56.5 Å². The fourth-order valence-corrected chi connectivity index (χ4v) is 0. The van der Waals surface area contributed by atoms with Gasteiger partial charge in [0, 0.05) is 0 Å². The molecule has 0 aromatic carbocycles. The van der Waals surface area contributed by atoms with E-state index >= 15 is 0 Å². The molecule has 0 rings (SSSR count). The van der Waals surface area contributed by atoms with Crippen molar-refractivity contribution >= 4 is 45.6 Å². The molecule has 0 unspecified atom stereocenters. The quantitative estimate of drug-likeness (QED) is 0.297. The van der Waals surface area contributed by atoms with E-state index in [1.54, 1.807) is 0 Å². The van der Waals surface area contributed by atoms with Gasteiger partial charge in [0.25, 0.3) is 0 Å². The van der Waals surface area contributed by atoms with Crippen LogP contribution in [0.25, 0.3) is 0 Å². The summed E-state index contributed by atoms with van der Waals surface area (Å²) < 4.78 is 0. The summed E-state index contributed by atoms with van der Waals surface area (Å²) in [6.45, 7) is 2.00. The van der Waals surface area contributed by atoms with Gasteiger partial charge < -0.3 is 11.0 Å². The van der Waals surface area contributed by atoms with E-state index in [-0.39, 0.29) is 48.7 Å². The van der Waals surface area contributed by atoms with Gasteiger partial charge in [0.05, 0.1) is 7.85 Å². The van der Waals surface area contributed by atoms with E-state index in [1.165, 1.54) is 0 Å². The summed E-state index contributed by atoms with van der Waals surface area (Å²) in [6, 6.07) is 0. The molecule has 4 N–H and O–H groups in total. The molecule has 32 valence electrons. The van der Waals surface area contributed by atoms with Crippen molar-refractivity contribution in [3.63, 3.8) is 0 Å². The Balaban J connectivity index is -0.00000000167. The van der Waals surface area contributed by atoms with E-state index in [1.807, 2.05) is 14.7 Å². The van der Waals surface area contributed by atoms with Gasteiger partial charge in [-0.15, -0.1) is 0 Å². The van der Waals surface area contributed by atoms with Gasteiger partial charge in [-0.2, -0.15) is 0 Å². The summed E-state index contributed by atoms with van der Waals surface area (Å²) in [5.41, 5.74) is 0. The predicted octanol–water partition coefficient (Wildman–Crippen LogP) is -2.90. The van der Waals surface area contributed by atoms with Crippen LogP contribution >= 0.6 is 0 Å². The fourth-order valence-electron chi connectivity index (χ4n) is 0. The van der Waals surface area contributed by atoms with Crippen molar-refractivity contribution in [2.24, 2.45) is 0 Å². The summed E-state index contributed by atoms with van der Waals surface area (Å²) in [6.07, 6.45) is 0. The molecule has 0 bridgehead atoms. The fraction of sp³-hybridized carbons (Fsp3) is 1.00. The van der Waals surface area contributed by atoms with Gasteiger partial charge in [-0.3, -0.25) is 0 Å². The minimum atomic E-state index is 0. The van der Waals surface area contributed by atoms with Gasteiger partial charge >= 0.3 is 37.7 Å². The molecule has 0 aliphatic rings. The van der Waals surface area contributed by atoms with Crippen molar-refractivity contribution in [3.05, 3.63) is 0 Å². The predicted molar refractivity (Wildman–Crippen MR) is 30.2 cm³/mol. The van der Waals surface area contributed by atoms with E-state index in [0.29, 0.717) is 0 Å². The molecule has 0 saturated heterocycles. The summed E-state index contributed by atoms with van der Waals surface area (Å²) in [4.78, 5) is 0. The molecule has 0 spiro atoms. The number of rotatable bonds is 0. The van der Waals surface area contributed by atoms with Crippen molar-refractivity contribution in [2.75, 3.05) is 0 Å². The van der Waals surface area contributed by atoms with Crippen LogP contribution in [0.4, 0.5) is 0 Å². The molecule has 0 aromatic heterocycles. The maximum atomic E-state index is 2.00. The molecule has 0 amide bonds. The molecule has 0 aliphatic carbocycles. The molecule has 2 nitrogen and oxygen atoms in total. The Kier molecular flexibility index (Phi) is 416. The summed E-state index contributed by atoms with van der Waals surface area (Å²) in [5.74, 6) is 0. The van der Waals surface area contributed by atoms with Crippen LogP contribution in [0.2, 0.25) is 6.82 Å². The Morgan fingerprint density at radius 3 is 1.00 bits per heavy atom. The van der Waals surface area contributed by atoms with Gasteiger partial charge in [0.15, 0.2) is 0 Å². The molecule has 0 atom stereocenters. The second-order valence-electron chi connectivity index (χ2n) is 0. The van der Waals surface area contributed by atoms with Crippen LogP contribution < -0.4 is 0 Å². The first-order valence-electron chi connectivity index (χ1n) is 1.00. The summed E-state index contributed by atoms with van der Waals surface area (Å²) in [7, 11) is 2.00. The zero-order valence-corrected chi connectivity index (χ0v) is 3.00. The Bertz CT molecular complexity index is 9.61. The van der Waals surface area contributed by atoms with Crippen LogP contribution in [0, 0.1) is 0 Å². The summed E-state index contributed by atoms with van der Waals surface area (Å²) >= 11 is 0. The van der Waals surface area contributed by atoms with Gasteiger partial charge in [-0.05, 0) is 0 Å². The van der Waals surface area contributed by atoms with Crippen molar-refractivity contribution in [3.8, 4) is 0 Å². The van der Waals surface area contributed by atoms with Crippen LogP contribution in [-0.2, 0) is 0 Å². The van der Waals surface area contributed by atoms with E-state index in [9.17, 15) is 0 Å². The minimum absolute atomic E-state index is 0. The van der Waals surface area contributed by atoms with Crippen LogP contribution in [0.15, 0.2) is 0 Å². The third-order valence-electron chi connectivity index (χ3n) is 0. The third kappa shape index (κ3) is 35.6. The number of hydrogen-bond donors (Lipinski definition) is 0. The SMILES string of the molecule is BC.O.O.[CaH2]. The monoisotopic (exact) mass is 106 g/mol. The van der Waals surface area contributed by atoms with Crippen molar-refractivity contribution in [1.82, 2.24) is 0 Å². The molecule has 0 fully saturated rings. The average molecular weight is 106 g/mol. The Labute approximate surface area is 63.0 Å². The molecule has 5 heavy (non-hydrogen) atoms. The molecular weight excluding hydrogens is 94.9 g/mol. The third-order valence-corrected chi connectivity index (χ3v) is 0. The topological polar surface area (TPSA) is 63.0 Å². The zero-order valence-electron chi connectivity index (χ0n) is 3.00. The van der Waals surface area contributed by atoms with E-state index in [2.05, 4.69) is 0 Å². The molecule has 0 radical (unpaired) electrons. The van der Waals surface area contributed by atoms with Gasteiger partial charge in [-0.1, -0.05) is 6.82 Å². The second kappa shape index (κ2) is 61.0. The average Bonchev–Trinajstić information content (AvgIpc) is 1.00.